The highest BCUT2D eigenvalue weighted by Gasteiger charge is 2.35. The van der Waals surface area contributed by atoms with Gasteiger partial charge in [-0.05, 0) is 5.56 Å². The van der Waals surface area contributed by atoms with Gasteiger partial charge in [0.2, 0.25) is 5.91 Å². The number of carbonyl (C=O) groups is 1. The average Bonchev–Trinajstić information content (AvgIpc) is 2.94. The number of hydrogen-bond acceptors (Lipinski definition) is 5. The van der Waals surface area contributed by atoms with E-state index >= 15 is 0 Å². The summed E-state index contributed by atoms with van der Waals surface area (Å²) in [5.74, 6) is 4.84. The Hall–Kier alpha value is -1.47. The predicted molar refractivity (Wildman–Crippen MR) is 79.5 cm³/mol. The zero-order chi connectivity index (χ0) is 15.2. The van der Waals surface area contributed by atoms with Crippen LogP contribution in [0.2, 0.25) is 0 Å². The first kappa shape index (κ1) is 15.9. The van der Waals surface area contributed by atoms with Crippen LogP contribution in [0.25, 0.3) is 0 Å². The molecule has 0 aliphatic carbocycles. The number of nitrogens with zero attached hydrogens (tertiary/aromatic N) is 1. The summed E-state index contributed by atoms with van der Waals surface area (Å²) in [5, 5.41) is 0. The second-order valence-electron chi connectivity index (χ2n) is 5.24. The lowest BCUT2D eigenvalue weighted by Gasteiger charge is -2.22. The molecule has 1 aliphatic rings. The Morgan fingerprint density at radius 1 is 1.29 bits per heavy atom. The minimum Gasteiger partial charge on any atom is -0.377 e. The van der Waals surface area contributed by atoms with Gasteiger partial charge in [0.25, 0.3) is 0 Å². The molecule has 6 nitrogen and oxygen atoms in total. The number of hydrogen-bond donors (Lipinski definition) is 2. The Balaban J connectivity index is 2.08. The largest absolute Gasteiger partial charge is 0.377 e. The van der Waals surface area contributed by atoms with Gasteiger partial charge >= 0.3 is 0 Å². The molecule has 116 valence electrons. The maximum absolute atomic E-state index is 12.1. The topological polar surface area (TPSA) is 76.8 Å². The smallest absolute Gasteiger partial charge is 0.242 e. The normalized spacial score (nSPS) is 24.0. The van der Waals surface area contributed by atoms with E-state index in [9.17, 15) is 4.79 Å². The number of carbonyl (C=O) groups excluding carboxylic acids is 1. The minimum absolute atomic E-state index is 0.0346. The molecule has 1 saturated heterocycles. The van der Waals surface area contributed by atoms with Gasteiger partial charge in [0.1, 0.15) is 0 Å². The molecule has 1 aromatic rings. The van der Waals surface area contributed by atoms with Gasteiger partial charge in [-0.3, -0.25) is 15.1 Å². The first-order valence-corrected chi connectivity index (χ1v) is 7.03. The van der Waals surface area contributed by atoms with Crippen LogP contribution in [0.3, 0.4) is 0 Å². The van der Waals surface area contributed by atoms with Crippen LogP contribution in [0, 0.1) is 0 Å². The summed E-state index contributed by atoms with van der Waals surface area (Å²) in [7, 11) is 3.36. The summed E-state index contributed by atoms with van der Waals surface area (Å²) >= 11 is 0. The number of rotatable bonds is 6. The van der Waals surface area contributed by atoms with Gasteiger partial charge in [0.15, 0.2) is 0 Å². The molecule has 1 aliphatic heterocycles. The zero-order valence-electron chi connectivity index (χ0n) is 12.5. The van der Waals surface area contributed by atoms with Crippen LogP contribution in [0.15, 0.2) is 30.3 Å². The van der Waals surface area contributed by atoms with E-state index in [2.05, 4.69) is 10.3 Å². The second-order valence-corrected chi connectivity index (χ2v) is 5.24. The van der Waals surface area contributed by atoms with Gasteiger partial charge in [-0.25, -0.2) is 5.84 Å². The molecule has 1 heterocycles. The van der Waals surface area contributed by atoms with Gasteiger partial charge in [0, 0.05) is 33.9 Å². The molecule has 3 unspecified atom stereocenters. The van der Waals surface area contributed by atoms with Crippen LogP contribution in [0.1, 0.15) is 11.5 Å². The number of methoxy groups -OCH3 is 2. The highest BCUT2D eigenvalue weighted by atomic mass is 16.5. The Kier molecular flexibility index (Phi) is 5.69. The quantitative estimate of drug-likeness (QED) is 0.442. The summed E-state index contributed by atoms with van der Waals surface area (Å²) in [6.45, 7) is 2.08. The molecule has 3 atom stereocenters. The Morgan fingerprint density at radius 2 is 1.86 bits per heavy atom. The van der Waals surface area contributed by atoms with Crippen molar-refractivity contribution in [3.63, 3.8) is 0 Å². The van der Waals surface area contributed by atoms with E-state index in [4.69, 9.17) is 15.3 Å². The SMILES string of the molecule is COC1CN(CC(C(=O)NN)c2ccccc2)CC1OC. The van der Waals surface area contributed by atoms with E-state index < -0.39 is 0 Å². The summed E-state index contributed by atoms with van der Waals surface area (Å²) in [6.07, 6.45) is 0.0692. The Labute approximate surface area is 125 Å². The van der Waals surface area contributed by atoms with Gasteiger partial charge in [-0.2, -0.15) is 0 Å². The fourth-order valence-electron chi connectivity index (χ4n) is 2.80. The fraction of sp³-hybridized carbons (Fsp3) is 0.533. The molecule has 1 amide bonds. The maximum Gasteiger partial charge on any atom is 0.242 e. The molecular weight excluding hydrogens is 270 g/mol. The predicted octanol–water partition coefficient (Wildman–Crippen LogP) is 0.106. The van der Waals surface area contributed by atoms with Crippen molar-refractivity contribution in [1.29, 1.82) is 0 Å². The first-order chi connectivity index (χ1) is 10.2. The van der Waals surface area contributed by atoms with Crippen LogP contribution < -0.4 is 11.3 Å². The summed E-state index contributed by atoms with van der Waals surface area (Å²) < 4.78 is 10.9. The number of amides is 1. The van der Waals surface area contributed by atoms with Crippen molar-refractivity contribution in [3.05, 3.63) is 35.9 Å². The lowest BCUT2D eigenvalue weighted by molar-refractivity contribution is -0.123. The first-order valence-electron chi connectivity index (χ1n) is 7.03. The highest BCUT2D eigenvalue weighted by Crippen LogP contribution is 2.22. The van der Waals surface area contributed by atoms with E-state index in [0.29, 0.717) is 6.54 Å². The molecule has 6 heteroatoms. The molecule has 21 heavy (non-hydrogen) atoms. The number of likely N-dealkylation sites (tertiary alicyclic amines) is 1. The van der Waals surface area contributed by atoms with Gasteiger partial charge in [-0.1, -0.05) is 30.3 Å². The Morgan fingerprint density at radius 3 is 2.33 bits per heavy atom. The molecular formula is C15H23N3O3. The third-order valence-electron chi connectivity index (χ3n) is 4.00. The van der Waals surface area contributed by atoms with Crippen molar-refractivity contribution in [3.8, 4) is 0 Å². The summed E-state index contributed by atoms with van der Waals surface area (Å²) in [6, 6.07) is 9.66. The minimum atomic E-state index is -0.302. The molecule has 0 saturated carbocycles. The summed E-state index contributed by atoms with van der Waals surface area (Å²) in [5.41, 5.74) is 3.21. The monoisotopic (exact) mass is 293 g/mol. The van der Waals surface area contributed by atoms with Crippen molar-refractivity contribution in [1.82, 2.24) is 10.3 Å². The molecule has 0 spiro atoms. The number of benzene rings is 1. The fourth-order valence-corrected chi connectivity index (χ4v) is 2.80. The third-order valence-corrected chi connectivity index (χ3v) is 4.00. The molecule has 2 rings (SSSR count). The van der Waals surface area contributed by atoms with Gasteiger partial charge in [0.05, 0.1) is 18.1 Å². The van der Waals surface area contributed by atoms with Crippen LogP contribution in [-0.2, 0) is 14.3 Å². The molecule has 0 bridgehead atoms. The molecule has 1 fully saturated rings. The number of ether oxygens (including phenoxy) is 2. The van der Waals surface area contributed by atoms with Gasteiger partial charge in [-0.15, -0.1) is 0 Å². The Bertz CT molecular complexity index is 443. The van der Waals surface area contributed by atoms with Crippen molar-refractivity contribution in [2.75, 3.05) is 33.9 Å². The standard InChI is InChI=1S/C15H23N3O3/c1-20-13-9-18(10-14(13)21-2)8-12(15(19)17-16)11-6-4-3-5-7-11/h3-7,12-14H,8-10,16H2,1-2H3,(H,17,19). The van der Waals surface area contributed by atoms with Crippen molar-refractivity contribution in [2.24, 2.45) is 5.84 Å². The molecule has 1 aromatic carbocycles. The van der Waals surface area contributed by atoms with E-state index in [1.54, 1.807) is 14.2 Å². The van der Waals surface area contributed by atoms with Crippen molar-refractivity contribution in [2.45, 2.75) is 18.1 Å². The van der Waals surface area contributed by atoms with Crippen LogP contribution in [0.4, 0.5) is 0 Å². The maximum atomic E-state index is 12.1. The third kappa shape index (κ3) is 3.79. The van der Waals surface area contributed by atoms with E-state index in [0.717, 1.165) is 18.7 Å². The van der Waals surface area contributed by atoms with E-state index in [1.165, 1.54) is 0 Å². The van der Waals surface area contributed by atoms with Crippen LogP contribution in [0.5, 0.6) is 0 Å². The van der Waals surface area contributed by atoms with Crippen molar-refractivity contribution >= 4 is 5.91 Å². The highest BCUT2D eigenvalue weighted by molar-refractivity contribution is 5.83. The lowest BCUT2D eigenvalue weighted by atomic mass is 9.98. The van der Waals surface area contributed by atoms with Crippen LogP contribution in [-0.4, -0.2) is 56.9 Å². The molecule has 0 aromatic heterocycles. The molecule has 0 radical (unpaired) electrons. The van der Waals surface area contributed by atoms with E-state index in [-0.39, 0.29) is 24.0 Å². The van der Waals surface area contributed by atoms with E-state index in [1.807, 2.05) is 30.3 Å². The summed E-state index contributed by atoms with van der Waals surface area (Å²) in [4.78, 5) is 14.3. The lowest BCUT2D eigenvalue weighted by Crippen LogP contribution is -2.40. The number of nitrogens with one attached hydrogen (secondary N) is 1. The molecule has 3 N–H and O–H groups in total. The average molecular weight is 293 g/mol. The van der Waals surface area contributed by atoms with Crippen LogP contribution >= 0.6 is 0 Å². The number of nitrogens with two attached hydrogens (primary N) is 1. The second kappa shape index (κ2) is 7.51. The van der Waals surface area contributed by atoms with Gasteiger partial charge < -0.3 is 9.47 Å². The van der Waals surface area contributed by atoms with Crippen molar-refractivity contribution < 1.29 is 14.3 Å². The number of hydrazine groups is 1. The zero-order valence-corrected chi connectivity index (χ0v) is 12.5.